The van der Waals surface area contributed by atoms with E-state index >= 15 is 0 Å². The molecular weight excluding hydrogens is 405 g/mol. The number of hydrogen-bond donors (Lipinski definition) is 1. The first-order valence-corrected chi connectivity index (χ1v) is 8.28. The Morgan fingerprint density at radius 3 is 2.50 bits per heavy atom. The van der Waals surface area contributed by atoms with Crippen LogP contribution in [0.2, 0.25) is 0 Å². The van der Waals surface area contributed by atoms with E-state index in [2.05, 4.69) is 26.2 Å². The zero-order valence-electron chi connectivity index (χ0n) is 11.8. The third-order valence-corrected chi connectivity index (χ3v) is 4.49. The van der Waals surface area contributed by atoms with Crippen LogP contribution in [0.4, 0.5) is 18.3 Å². The molecule has 24 heavy (non-hydrogen) atoms. The number of nitrogens with one attached hydrogen (secondary N) is 1. The fourth-order valence-electron chi connectivity index (χ4n) is 1.93. The Bertz CT molecular complexity index is 929. The fourth-order valence-corrected chi connectivity index (χ4v) is 3.02. The predicted octanol–water partition coefficient (Wildman–Crippen LogP) is 5.24. The van der Waals surface area contributed by atoms with Gasteiger partial charge in [-0.1, -0.05) is 0 Å². The minimum atomic E-state index is -0.970. The molecule has 0 unspecified atom stereocenters. The zero-order chi connectivity index (χ0) is 17.3. The first-order valence-electron chi connectivity index (χ1n) is 6.61. The molecule has 1 amide bonds. The maximum absolute atomic E-state index is 13.3. The van der Waals surface area contributed by atoms with Crippen LogP contribution in [0.3, 0.4) is 0 Å². The van der Waals surface area contributed by atoms with Crippen molar-refractivity contribution in [1.29, 1.82) is 0 Å². The number of halogens is 4. The van der Waals surface area contributed by atoms with Crippen LogP contribution in [0.1, 0.15) is 10.4 Å². The van der Waals surface area contributed by atoms with Crippen molar-refractivity contribution in [3.05, 3.63) is 69.3 Å². The van der Waals surface area contributed by atoms with E-state index in [1.165, 1.54) is 24.3 Å². The molecule has 0 radical (unpaired) electrons. The van der Waals surface area contributed by atoms with Gasteiger partial charge in [0.1, 0.15) is 5.82 Å². The van der Waals surface area contributed by atoms with Crippen LogP contribution in [0.25, 0.3) is 11.3 Å². The molecule has 0 atom stereocenters. The standard InChI is InChI=1S/C16H8BrF3N2OS/c17-10-5-9(2-3-11(10)18)15(23)22-16-21-14(7-24-16)8-1-4-12(19)13(20)6-8/h1-7H,(H,21,22,23). The number of amides is 1. The lowest BCUT2D eigenvalue weighted by molar-refractivity contribution is 0.102. The highest BCUT2D eigenvalue weighted by molar-refractivity contribution is 9.10. The van der Waals surface area contributed by atoms with Crippen molar-refractivity contribution in [2.75, 3.05) is 5.32 Å². The fraction of sp³-hybridized carbons (Fsp3) is 0. The molecule has 0 aliphatic heterocycles. The van der Waals surface area contributed by atoms with Gasteiger partial charge in [0, 0.05) is 16.5 Å². The maximum Gasteiger partial charge on any atom is 0.257 e. The number of carbonyl (C=O) groups excluding carboxylic acids is 1. The Hall–Kier alpha value is -2.19. The van der Waals surface area contributed by atoms with Gasteiger partial charge in [-0.15, -0.1) is 11.3 Å². The number of hydrogen-bond acceptors (Lipinski definition) is 3. The SMILES string of the molecule is O=C(Nc1nc(-c2ccc(F)c(F)c2)cs1)c1ccc(F)c(Br)c1. The first-order chi connectivity index (χ1) is 11.4. The summed E-state index contributed by atoms with van der Waals surface area (Å²) in [6.45, 7) is 0. The predicted molar refractivity (Wildman–Crippen MR) is 89.5 cm³/mol. The van der Waals surface area contributed by atoms with E-state index in [4.69, 9.17) is 0 Å². The monoisotopic (exact) mass is 412 g/mol. The second kappa shape index (κ2) is 6.74. The molecule has 1 N–H and O–H groups in total. The highest BCUT2D eigenvalue weighted by Crippen LogP contribution is 2.26. The van der Waals surface area contributed by atoms with Gasteiger partial charge >= 0.3 is 0 Å². The van der Waals surface area contributed by atoms with E-state index in [1.54, 1.807) is 5.38 Å². The minimum absolute atomic E-state index is 0.178. The topological polar surface area (TPSA) is 42.0 Å². The molecule has 0 bridgehead atoms. The Balaban J connectivity index is 1.79. The number of nitrogens with zero attached hydrogens (tertiary/aromatic N) is 1. The molecule has 0 saturated heterocycles. The second-order valence-corrected chi connectivity index (χ2v) is 6.46. The van der Waals surface area contributed by atoms with Crippen molar-refractivity contribution < 1.29 is 18.0 Å². The van der Waals surface area contributed by atoms with E-state index < -0.39 is 23.4 Å². The molecule has 3 rings (SSSR count). The summed E-state index contributed by atoms with van der Waals surface area (Å²) in [6, 6.07) is 7.32. The molecular formula is C16H8BrF3N2OS. The summed E-state index contributed by atoms with van der Waals surface area (Å²) in [4.78, 5) is 16.3. The Morgan fingerprint density at radius 1 is 1.04 bits per heavy atom. The van der Waals surface area contributed by atoms with Gasteiger partial charge in [-0.25, -0.2) is 18.2 Å². The summed E-state index contributed by atoms with van der Waals surface area (Å²) in [5.41, 5.74) is 1.07. The van der Waals surface area contributed by atoms with Crippen LogP contribution in [-0.4, -0.2) is 10.9 Å². The van der Waals surface area contributed by atoms with Crippen molar-refractivity contribution in [2.24, 2.45) is 0 Å². The molecule has 122 valence electrons. The van der Waals surface area contributed by atoms with Gasteiger partial charge < -0.3 is 0 Å². The van der Waals surface area contributed by atoms with Gasteiger partial charge in [-0.2, -0.15) is 0 Å². The van der Waals surface area contributed by atoms with Gasteiger partial charge in [0.15, 0.2) is 16.8 Å². The lowest BCUT2D eigenvalue weighted by Gasteiger charge is -2.03. The van der Waals surface area contributed by atoms with Gasteiger partial charge in [0.2, 0.25) is 0 Å². The average molecular weight is 413 g/mol. The van der Waals surface area contributed by atoms with Gasteiger partial charge in [-0.3, -0.25) is 10.1 Å². The number of thiazole rings is 1. The van der Waals surface area contributed by atoms with E-state index in [0.717, 1.165) is 23.5 Å². The van der Waals surface area contributed by atoms with Crippen LogP contribution in [0, 0.1) is 17.5 Å². The van der Waals surface area contributed by atoms with E-state index in [1.807, 2.05) is 0 Å². The summed E-state index contributed by atoms with van der Waals surface area (Å²) in [6.07, 6.45) is 0. The number of aromatic nitrogens is 1. The van der Waals surface area contributed by atoms with Crippen molar-refractivity contribution in [3.8, 4) is 11.3 Å². The van der Waals surface area contributed by atoms with Crippen molar-refractivity contribution in [2.45, 2.75) is 0 Å². The third-order valence-electron chi connectivity index (χ3n) is 3.12. The molecule has 3 aromatic rings. The first kappa shape index (κ1) is 16.7. The highest BCUT2D eigenvalue weighted by atomic mass is 79.9. The van der Waals surface area contributed by atoms with Gasteiger partial charge in [-0.05, 0) is 52.3 Å². The maximum atomic E-state index is 13.3. The third kappa shape index (κ3) is 3.49. The van der Waals surface area contributed by atoms with E-state index in [-0.39, 0.29) is 10.0 Å². The van der Waals surface area contributed by atoms with Crippen molar-refractivity contribution in [1.82, 2.24) is 4.98 Å². The number of anilines is 1. The van der Waals surface area contributed by atoms with Crippen molar-refractivity contribution >= 4 is 38.3 Å². The molecule has 1 heterocycles. The van der Waals surface area contributed by atoms with Gasteiger partial charge in [0.25, 0.3) is 5.91 Å². The Morgan fingerprint density at radius 2 is 1.79 bits per heavy atom. The summed E-state index contributed by atoms with van der Waals surface area (Å²) < 4.78 is 39.6. The number of carbonyl (C=O) groups is 1. The summed E-state index contributed by atoms with van der Waals surface area (Å²) in [5.74, 6) is -2.84. The highest BCUT2D eigenvalue weighted by Gasteiger charge is 2.12. The van der Waals surface area contributed by atoms with Crippen LogP contribution in [0.15, 0.2) is 46.3 Å². The normalized spacial score (nSPS) is 10.7. The largest absolute Gasteiger partial charge is 0.298 e. The summed E-state index contributed by atoms with van der Waals surface area (Å²) >= 11 is 4.15. The van der Waals surface area contributed by atoms with E-state index in [9.17, 15) is 18.0 Å². The van der Waals surface area contributed by atoms with Crippen LogP contribution in [0.5, 0.6) is 0 Å². The van der Waals surface area contributed by atoms with Crippen LogP contribution >= 0.6 is 27.3 Å². The molecule has 0 aliphatic rings. The average Bonchev–Trinajstić information content (AvgIpc) is 3.01. The lowest BCUT2D eigenvalue weighted by atomic mass is 10.2. The van der Waals surface area contributed by atoms with Crippen molar-refractivity contribution in [3.63, 3.8) is 0 Å². The van der Waals surface area contributed by atoms with Crippen LogP contribution in [-0.2, 0) is 0 Å². The molecule has 1 aromatic heterocycles. The number of rotatable bonds is 3. The molecule has 3 nitrogen and oxygen atoms in total. The van der Waals surface area contributed by atoms with E-state index in [0.29, 0.717) is 16.4 Å². The summed E-state index contributed by atoms with van der Waals surface area (Å²) in [5, 5.41) is 4.48. The smallest absolute Gasteiger partial charge is 0.257 e. The second-order valence-electron chi connectivity index (χ2n) is 4.75. The lowest BCUT2D eigenvalue weighted by Crippen LogP contribution is -2.11. The molecule has 0 spiro atoms. The number of benzene rings is 2. The molecule has 2 aromatic carbocycles. The molecule has 0 aliphatic carbocycles. The molecule has 0 saturated carbocycles. The zero-order valence-corrected chi connectivity index (χ0v) is 14.2. The quantitative estimate of drug-likeness (QED) is 0.638. The molecule has 0 fully saturated rings. The van der Waals surface area contributed by atoms with Gasteiger partial charge in [0.05, 0.1) is 10.2 Å². The van der Waals surface area contributed by atoms with Crippen LogP contribution < -0.4 is 5.32 Å². The minimum Gasteiger partial charge on any atom is -0.298 e. The Labute approximate surface area is 147 Å². The summed E-state index contributed by atoms with van der Waals surface area (Å²) in [7, 11) is 0. The molecule has 8 heteroatoms. The Kier molecular flexibility index (Phi) is 4.68.